The molecule has 4 aromatic carbocycles. The van der Waals surface area contributed by atoms with Crippen LogP contribution in [0.25, 0.3) is 0 Å². The van der Waals surface area contributed by atoms with Gasteiger partial charge in [0.05, 0.1) is 30.3 Å². The summed E-state index contributed by atoms with van der Waals surface area (Å²) in [4.78, 5) is 42.0. The maximum Gasteiger partial charge on any atom is 0.416 e. The second-order valence-electron chi connectivity index (χ2n) is 15.4. The van der Waals surface area contributed by atoms with Crippen molar-refractivity contribution >= 4 is 42.2 Å². The van der Waals surface area contributed by atoms with Crippen LogP contribution in [0.2, 0.25) is 0 Å². The van der Waals surface area contributed by atoms with E-state index in [4.69, 9.17) is 23.4 Å². The molecule has 0 bridgehead atoms. The molecule has 0 spiro atoms. The molecule has 4 aromatic rings. The number of hydrogen-bond donors (Lipinski definition) is 0. The summed E-state index contributed by atoms with van der Waals surface area (Å²) >= 11 is 0. The van der Waals surface area contributed by atoms with Crippen molar-refractivity contribution in [2.75, 3.05) is 20.8 Å². The number of imide groups is 1. The van der Waals surface area contributed by atoms with Gasteiger partial charge >= 0.3 is 6.09 Å². The molecule has 2 aliphatic rings. The van der Waals surface area contributed by atoms with Crippen molar-refractivity contribution in [1.82, 2.24) is 4.90 Å². The van der Waals surface area contributed by atoms with E-state index in [2.05, 4.69) is 50.2 Å². The molecule has 10 heteroatoms. The molecule has 56 heavy (non-hydrogen) atoms. The van der Waals surface area contributed by atoms with E-state index < -0.39 is 74.1 Å². The van der Waals surface area contributed by atoms with Crippen LogP contribution in [0.1, 0.15) is 40.2 Å². The summed E-state index contributed by atoms with van der Waals surface area (Å²) in [6, 6.07) is 40.0. The summed E-state index contributed by atoms with van der Waals surface area (Å²) in [6.07, 6.45) is -0.926. The minimum atomic E-state index is -3.29. The van der Waals surface area contributed by atoms with Crippen molar-refractivity contribution in [3.8, 4) is 0 Å². The van der Waals surface area contributed by atoms with Crippen molar-refractivity contribution in [3.63, 3.8) is 0 Å². The van der Waals surface area contributed by atoms with E-state index in [1.54, 1.807) is 14.0 Å². The van der Waals surface area contributed by atoms with Crippen LogP contribution in [-0.4, -0.2) is 82.5 Å². The maximum absolute atomic E-state index is 14.6. The molecule has 2 aliphatic heterocycles. The molecule has 2 saturated heterocycles. The van der Waals surface area contributed by atoms with E-state index in [1.807, 2.05) is 98.8 Å². The molecule has 9 nitrogen and oxygen atoms in total. The Morgan fingerprint density at radius 3 is 1.80 bits per heavy atom. The van der Waals surface area contributed by atoms with Gasteiger partial charge in [-0.1, -0.05) is 149 Å². The number of nitrogens with zero attached hydrogens (tertiary/aromatic N) is 1. The third kappa shape index (κ3) is 7.65. The topological polar surface area (TPSA) is 101 Å². The van der Waals surface area contributed by atoms with Crippen LogP contribution < -0.4 is 15.6 Å². The van der Waals surface area contributed by atoms with E-state index in [9.17, 15) is 14.4 Å². The zero-order valence-electron chi connectivity index (χ0n) is 33.4. The molecule has 0 radical (unpaired) electrons. The van der Waals surface area contributed by atoms with Gasteiger partial charge in [-0.2, -0.15) is 0 Å². The monoisotopic (exact) mass is 777 g/mol. The Balaban J connectivity index is 1.41. The fraction of sp³-hybridized carbons (Fsp3) is 0.413. The van der Waals surface area contributed by atoms with E-state index in [0.717, 1.165) is 27.4 Å². The highest BCUT2D eigenvalue weighted by molar-refractivity contribution is 7.07. The Bertz CT molecular complexity index is 1800. The lowest BCUT2D eigenvalue weighted by Crippen LogP contribution is -2.72. The van der Waals surface area contributed by atoms with Gasteiger partial charge in [-0.05, 0) is 34.5 Å². The smallest absolute Gasteiger partial charge is 0.416 e. The number of methoxy groups -OCH3 is 2. The number of rotatable bonds is 15. The molecular formula is C46H55NO8Si. The lowest BCUT2D eigenvalue weighted by atomic mass is 9.72. The Morgan fingerprint density at radius 1 is 0.839 bits per heavy atom. The number of cyclic esters (lactones) is 1. The van der Waals surface area contributed by atoms with Crippen LogP contribution in [0.15, 0.2) is 121 Å². The molecule has 0 N–H and O–H groups in total. The van der Waals surface area contributed by atoms with Gasteiger partial charge < -0.3 is 28.2 Å². The zero-order chi connectivity index (χ0) is 40.0. The van der Waals surface area contributed by atoms with Gasteiger partial charge in [0.25, 0.3) is 8.32 Å². The van der Waals surface area contributed by atoms with Crippen molar-refractivity contribution in [2.45, 2.75) is 71.2 Å². The fourth-order valence-corrected chi connectivity index (χ4v) is 13.5. The molecule has 0 aromatic heterocycles. The summed E-state index contributed by atoms with van der Waals surface area (Å²) in [5.74, 6) is -4.49. The average molecular weight is 778 g/mol. The first-order chi connectivity index (χ1) is 27.0. The SMILES string of the molecule is CO[C@H]1[C@@H](C)[C@@H]([C@H](C)[C@@H](O[Si](c2ccccc2)(c2ccccc2)c2ccccc2)[C@H](C)C=O)O[C@@](OC)([C@H](C)C(=O)N2C(=O)OC[C@@H]2Cc2ccccc2)[C@@H]1C. The fourth-order valence-electron chi connectivity index (χ4n) is 9.24. The summed E-state index contributed by atoms with van der Waals surface area (Å²) < 4.78 is 32.9. The summed E-state index contributed by atoms with van der Waals surface area (Å²) in [5, 5.41) is 3.13. The van der Waals surface area contributed by atoms with Gasteiger partial charge in [0.1, 0.15) is 12.9 Å². The average Bonchev–Trinajstić information content (AvgIpc) is 3.61. The molecule has 0 saturated carbocycles. The second-order valence-corrected chi connectivity index (χ2v) is 18.8. The first kappa shape index (κ1) is 41.2. The van der Waals surface area contributed by atoms with Crippen LogP contribution in [0.4, 0.5) is 4.79 Å². The Morgan fingerprint density at radius 2 is 1.34 bits per heavy atom. The van der Waals surface area contributed by atoms with Gasteiger partial charge in [-0.15, -0.1) is 0 Å². The lowest BCUT2D eigenvalue weighted by Gasteiger charge is -2.55. The van der Waals surface area contributed by atoms with Crippen LogP contribution in [-0.2, 0) is 39.4 Å². The van der Waals surface area contributed by atoms with Crippen LogP contribution >= 0.6 is 0 Å². The minimum absolute atomic E-state index is 0.0957. The highest BCUT2D eigenvalue weighted by Crippen LogP contribution is 2.47. The second kappa shape index (κ2) is 17.8. The Hall–Kier alpha value is -4.45. The predicted octanol–water partition coefficient (Wildman–Crippen LogP) is 5.76. The van der Waals surface area contributed by atoms with E-state index in [0.29, 0.717) is 6.42 Å². The largest absolute Gasteiger partial charge is 0.447 e. The van der Waals surface area contributed by atoms with Gasteiger partial charge in [-0.3, -0.25) is 4.79 Å². The first-order valence-corrected chi connectivity index (χ1v) is 21.5. The zero-order valence-corrected chi connectivity index (χ0v) is 34.4. The van der Waals surface area contributed by atoms with Crippen molar-refractivity contribution in [3.05, 3.63) is 127 Å². The van der Waals surface area contributed by atoms with Gasteiger partial charge in [0.2, 0.25) is 5.91 Å². The number of amides is 2. The third-order valence-corrected chi connectivity index (χ3v) is 16.2. The molecule has 2 fully saturated rings. The maximum atomic E-state index is 14.6. The summed E-state index contributed by atoms with van der Waals surface area (Å²) in [5.41, 5.74) is 0.989. The third-order valence-electron chi connectivity index (χ3n) is 12.2. The number of benzene rings is 4. The van der Waals surface area contributed by atoms with E-state index in [1.165, 1.54) is 12.0 Å². The molecule has 0 aliphatic carbocycles. The Kier molecular flexibility index (Phi) is 13.1. The number of carbonyl (C=O) groups is 3. The van der Waals surface area contributed by atoms with Crippen molar-refractivity contribution in [1.29, 1.82) is 0 Å². The van der Waals surface area contributed by atoms with E-state index in [-0.39, 0.29) is 12.5 Å². The van der Waals surface area contributed by atoms with Gasteiger partial charge in [-0.25, -0.2) is 9.69 Å². The summed E-state index contributed by atoms with van der Waals surface area (Å²) in [6.45, 7) is 9.82. The quantitative estimate of drug-likeness (QED) is 0.0854. The van der Waals surface area contributed by atoms with Crippen molar-refractivity contribution in [2.24, 2.45) is 29.6 Å². The van der Waals surface area contributed by atoms with Crippen LogP contribution in [0.5, 0.6) is 0 Å². The van der Waals surface area contributed by atoms with Crippen LogP contribution in [0.3, 0.4) is 0 Å². The predicted molar refractivity (Wildman–Crippen MR) is 218 cm³/mol. The number of ether oxygens (including phenoxy) is 4. The number of carbonyl (C=O) groups excluding carboxylic acids is 3. The Labute approximate surface area is 332 Å². The molecule has 6 rings (SSSR count). The molecule has 10 atom stereocenters. The van der Waals surface area contributed by atoms with Gasteiger partial charge in [0, 0.05) is 37.9 Å². The number of hydrogen-bond acceptors (Lipinski definition) is 8. The van der Waals surface area contributed by atoms with Gasteiger partial charge in [0.15, 0.2) is 5.79 Å². The summed E-state index contributed by atoms with van der Waals surface area (Å²) in [7, 11) is -0.0968. The highest BCUT2D eigenvalue weighted by Gasteiger charge is 2.60. The first-order valence-electron chi connectivity index (χ1n) is 19.6. The molecule has 0 unspecified atom stereocenters. The molecular weight excluding hydrogens is 723 g/mol. The van der Waals surface area contributed by atoms with Crippen molar-refractivity contribution < 1.29 is 37.8 Å². The normalized spacial score (nSPS) is 26.2. The highest BCUT2D eigenvalue weighted by atomic mass is 28.4. The molecule has 2 amide bonds. The van der Waals surface area contributed by atoms with E-state index >= 15 is 0 Å². The molecule has 296 valence electrons. The minimum Gasteiger partial charge on any atom is -0.447 e. The lowest BCUT2D eigenvalue weighted by molar-refractivity contribution is -0.354. The number of aldehydes is 1. The van der Waals surface area contributed by atoms with Crippen LogP contribution in [0, 0.1) is 29.6 Å². The standard InChI is InChI=1S/C46H55NO8Si/c1-31(29-48)41(55-56(38-22-14-9-15-23-38,39-24-16-10-17-25-39)40-26-18-11-19-27-40)32(2)42-33(3)43(51-6)34(4)46(52-7,54-42)35(5)44(49)47-37(30-53-45(47)50)28-36-20-12-8-13-21-36/h8-27,29,31-35,37,41-43H,28,30H2,1-7H3/t31-,32-,33+,34-,35-,37+,41+,42-,43+,46-/m1/s1. The molecule has 2 heterocycles.